The first-order chi connectivity index (χ1) is 7.36. The van der Waals surface area contributed by atoms with Crippen molar-refractivity contribution in [3.05, 3.63) is 24.0 Å². The zero-order chi connectivity index (χ0) is 10.5. The molecule has 1 atom stereocenters. The van der Waals surface area contributed by atoms with Crippen molar-refractivity contribution in [3.63, 3.8) is 0 Å². The van der Waals surface area contributed by atoms with Gasteiger partial charge in [-0.3, -0.25) is 4.79 Å². The fourth-order valence-corrected chi connectivity index (χ4v) is 1.74. The first kappa shape index (κ1) is 13.2. The minimum atomic E-state index is 0. The molecule has 5 heteroatoms. The summed E-state index contributed by atoms with van der Waals surface area (Å²) in [6, 6.07) is 3.58. The van der Waals surface area contributed by atoms with Crippen molar-refractivity contribution in [2.45, 2.75) is 18.9 Å². The molecule has 0 bridgehead atoms. The average Bonchev–Trinajstić information content (AvgIpc) is 2.81. The van der Waals surface area contributed by atoms with E-state index in [0.717, 1.165) is 25.9 Å². The molecular weight excluding hydrogens is 228 g/mol. The molecule has 0 aliphatic carbocycles. The SMILES string of the molecule is Cl.O=C(CO[C@@H]1CCCNC1)c1ccc[nH]1. The lowest BCUT2D eigenvalue weighted by molar-refractivity contribution is 0.0345. The van der Waals surface area contributed by atoms with Gasteiger partial charge in [-0.25, -0.2) is 0 Å². The van der Waals surface area contributed by atoms with Crippen LogP contribution in [0.3, 0.4) is 0 Å². The summed E-state index contributed by atoms with van der Waals surface area (Å²) in [5, 5.41) is 3.25. The number of ether oxygens (including phenoxy) is 1. The topological polar surface area (TPSA) is 54.1 Å². The summed E-state index contributed by atoms with van der Waals surface area (Å²) >= 11 is 0. The Hall–Kier alpha value is -0.840. The fraction of sp³-hybridized carbons (Fsp3) is 0.545. The smallest absolute Gasteiger partial charge is 0.204 e. The summed E-state index contributed by atoms with van der Waals surface area (Å²) in [7, 11) is 0. The zero-order valence-electron chi connectivity index (χ0n) is 9.07. The van der Waals surface area contributed by atoms with Crippen molar-refractivity contribution in [1.29, 1.82) is 0 Å². The number of aromatic nitrogens is 1. The van der Waals surface area contributed by atoms with Crippen LogP contribution in [-0.4, -0.2) is 36.6 Å². The Morgan fingerprint density at radius 3 is 3.06 bits per heavy atom. The van der Waals surface area contributed by atoms with Gasteiger partial charge in [0, 0.05) is 12.7 Å². The number of nitrogens with one attached hydrogen (secondary N) is 2. The number of hydrogen-bond acceptors (Lipinski definition) is 3. The van der Waals surface area contributed by atoms with Crippen LogP contribution < -0.4 is 5.32 Å². The average molecular weight is 245 g/mol. The first-order valence-electron chi connectivity index (χ1n) is 5.35. The van der Waals surface area contributed by atoms with E-state index in [2.05, 4.69) is 10.3 Å². The van der Waals surface area contributed by atoms with E-state index >= 15 is 0 Å². The summed E-state index contributed by atoms with van der Waals surface area (Å²) in [5.41, 5.74) is 0.624. The van der Waals surface area contributed by atoms with Crippen LogP contribution in [0.5, 0.6) is 0 Å². The second-order valence-electron chi connectivity index (χ2n) is 3.79. The lowest BCUT2D eigenvalue weighted by Crippen LogP contribution is -2.36. The maximum Gasteiger partial charge on any atom is 0.204 e. The van der Waals surface area contributed by atoms with Crippen LogP contribution in [0.4, 0.5) is 0 Å². The van der Waals surface area contributed by atoms with Gasteiger partial charge in [-0.1, -0.05) is 0 Å². The Kier molecular flexibility index (Phi) is 5.52. The molecule has 16 heavy (non-hydrogen) atoms. The lowest BCUT2D eigenvalue weighted by Gasteiger charge is -2.22. The van der Waals surface area contributed by atoms with E-state index in [1.54, 1.807) is 12.3 Å². The van der Waals surface area contributed by atoms with Crippen LogP contribution in [0.2, 0.25) is 0 Å². The number of carbonyl (C=O) groups excluding carboxylic acids is 1. The van der Waals surface area contributed by atoms with E-state index in [1.807, 2.05) is 6.07 Å². The minimum absolute atomic E-state index is 0. The quantitative estimate of drug-likeness (QED) is 0.787. The molecule has 1 aromatic rings. The fourth-order valence-electron chi connectivity index (χ4n) is 1.74. The number of H-pyrrole nitrogens is 1. The third-order valence-electron chi connectivity index (χ3n) is 2.60. The molecule has 1 fully saturated rings. The monoisotopic (exact) mass is 244 g/mol. The molecule has 0 amide bonds. The molecule has 0 spiro atoms. The first-order valence-corrected chi connectivity index (χ1v) is 5.35. The Labute approximate surface area is 101 Å². The number of hydrogen-bond donors (Lipinski definition) is 2. The maximum atomic E-state index is 11.6. The Morgan fingerprint density at radius 2 is 2.44 bits per heavy atom. The van der Waals surface area contributed by atoms with E-state index < -0.39 is 0 Å². The number of Topliss-reactive ketones (excluding diaryl/α,β-unsaturated/α-hetero) is 1. The number of carbonyl (C=O) groups is 1. The molecule has 1 aliphatic rings. The molecule has 2 rings (SSSR count). The summed E-state index contributed by atoms with van der Waals surface area (Å²) in [6.07, 6.45) is 4.11. The van der Waals surface area contributed by atoms with Crippen LogP contribution >= 0.6 is 12.4 Å². The summed E-state index contributed by atoms with van der Waals surface area (Å²) in [6.45, 7) is 2.09. The second-order valence-corrected chi connectivity index (χ2v) is 3.79. The van der Waals surface area contributed by atoms with Crippen LogP contribution in [0.1, 0.15) is 23.3 Å². The van der Waals surface area contributed by atoms with Gasteiger partial charge in [0.2, 0.25) is 5.78 Å². The van der Waals surface area contributed by atoms with Gasteiger partial charge in [-0.2, -0.15) is 0 Å². The van der Waals surface area contributed by atoms with Crippen LogP contribution in [0.25, 0.3) is 0 Å². The van der Waals surface area contributed by atoms with Crippen molar-refractivity contribution in [3.8, 4) is 0 Å². The van der Waals surface area contributed by atoms with Gasteiger partial charge in [0.1, 0.15) is 6.61 Å². The third-order valence-corrected chi connectivity index (χ3v) is 2.60. The number of piperidine rings is 1. The van der Waals surface area contributed by atoms with E-state index in [0.29, 0.717) is 5.69 Å². The van der Waals surface area contributed by atoms with E-state index in [4.69, 9.17) is 4.74 Å². The molecule has 0 radical (unpaired) electrons. The van der Waals surface area contributed by atoms with Crippen LogP contribution in [-0.2, 0) is 4.74 Å². The van der Waals surface area contributed by atoms with E-state index in [9.17, 15) is 4.79 Å². The normalized spacial score (nSPS) is 20.1. The number of halogens is 1. The molecule has 0 aromatic carbocycles. The van der Waals surface area contributed by atoms with E-state index in [1.165, 1.54) is 0 Å². The van der Waals surface area contributed by atoms with Gasteiger partial charge in [0.15, 0.2) is 0 Å². The molecule has 2 heterocycles. The van der Waals surface area contributed by atoms with E-state index in [-0.39, 0.29) is 30.9 Å². The van der Waals surface area contributed by atoms with Gasteiger partial charge in [-0.15, -0.1) is 12.4 Å². The molecule has 1 aromatic heterocycles. The Balaban J connectivity index is 0.00000128. The predicted octanol–water partition coefficient (Wildman–Crippen LogP) is 1.39. The molecule has 4 nitrogen and oxygen atoms in total. The number of aromatic amines is 1. The number of ketones is 1. The predicted molar refractivity (Wildman–Crippen MR) is 64.2 cm³/mol. The Bertz CT molecular complexity index is 308. The highest BCUT2D eigenvalue weighted by Crippen LogP contribution is 2.06. The van der Waals surface area contributed by atoms with Crippen LogP contribution in [0, 0.1) is 0 Å². The molecule has 90 valence electrons. The molecule has 0 saturated carbocycles. The largest absolute Gasteiger partial charge is 0.369 e. The van der Waals surface area contributed by atoms with Gasteiger partial charge >= 0.3 is 0 Å². The molecule has 0 unspecified atom stereocenters. The molecule has 1 aliphatic heterocycles. The van der Waals surface area contributed by atoms with Crippen molar-refractivity contribution in [2.75, 3.05) is 19.7 Å². The van der Waals surface area contributed by atoms with Crippen molar-refractivity contribution < 1.29 is 9.53 Å². The van der Waals surface area contributed by atoms with Gasteiger partial charge in [-0.05, 0) is 31.5 Å². The van der Waals surface area contributed by atoms with Crippen molar-refractivity contribution in [1.82, 2.24) is 10.3 Å². The minimum Gasteiger partial charge on any atom is -0.369 e. The summed E-state index contributed by atoms with van der Waals surface area (Å²) in [5.74, 6) is 0.0190. The van der Waals surface area contributed by atoms with Gasteiger partial charge in [0.25, 0.3) is 0 Å². The molecule has 1 saturated heterocycles. The standard InChI is InChI=1S/C11H16N2O2.ClH/c14-11(10-4-2-6-13-10)8-15-9-3-1-5-12-7-9;/h2,4,6,9,12-13H,1,3,5,7-8H2;1H/t9-;/m1./s1. The van der Waals surface area contributed by atoms with Crippen molar-refractivity contribution in [2.24, 2.45) is 0 Å². The zero-order valence-corrected chi connectivity index (χ0v) is 9.89. The van der Waals surface area contributed by atoms with Crippen LogP contribution in [0.15, 0.2) is 18.3 Å². The highest BCUT2D eigenvalue weighted by atomic mass is 35.5. The summed E-state index contributed by atoms with van der Waals surface area (Å²) in [4.78, 5) is 14.5. The van der Waals surface area contributed by atoms with Gasteiger partial charge < -0.3 is 15.0 Å². The summed E-state index contributed by atoms with van der Waals surface area (Å²) < 4.78 is 5.54. The Morgan fingerprint density at radius 1 is 1.56 bits per heavy atom. The highest BCUT2D eigenvalue weighted by molar-refractivity contribution is 5.95. The molecular formula is C11H17ClN2O2. The maximum absolute atomic E-state index is 11.6. The third kappa shape index (κ3) is 3.63. The molecule has 2 N–H and O–H groups in total. The van der Waals surface area contributed by atoms with Crippen molar-refractivity contribution >= 4 is 18.2 Å². The highest BCUT2D eigenvalue weighted by Gasteiger charge is 2.15. The lowest BCUT2D eigenvalue weighted by atomic mass is 10.1. The van der Waals surface area contributed by atoms with Gasteiger partial charge in [0.05, 0.1) is 11.8 Å². The number of rotatable bonds is 4. The second kappa shape index (κ2) is 6.68.